The summed E-state index contributed by atoms with van der Waals surface area (Å²) in [6.07, 6.45) is 1.29. The van der Waals surface area contributed by atoms with E-state index in [9.17, 15) is 4.79 Å². The third kappa shape index (κ3) is 3.96. The molecule has 146 valence electrons. The van der Waals surface area contributed by atoms with E-state index in [1.807, 2.05) is 44.2 Å². The van der Waals surface area contributed by atoms with Crippen LogP contribution < -0.4 is 0 Å². The average Bonchev–Trinajstić information content (AvgIpc) is 3.40. The van der Waals surface area contributed by atoms with Crippen LogP contribution >= 0.6 is 38.9 Å². The van der Waals surface area contributed by atoms with Gasteiger partial charge in [-0.1, -0.05) is 23.7 Å². The van der Waals surface area contributed by atoms with Gasteiger partial charge in [-0.3, -0.25) is 0 Å². The molecule has 1 aliphatic carbocycles. The first-order chi connectivity index (χ1) is 13.5. The molecule has 0 spiro atoms. The standard InChI is InChI=1S/C21H19BrClNO3S/c1-3-26-20(25)18(27-14-8-9-14)16-11(2)10-15-19(28-21(22)24-15)17(16)12-4-6-13(23)7-5-12/h4-7,10,14,18H,3,8-9H2,1-2H3/t18-/m0/s1. The fourth-order valence-electron chi connectivity index (χ4n) is 3.28. The first-order valence-corrected chi connectivity index (χ1v) is 11.1. The van der Waals surface area contributed by atoms with Gasteiger partial charge in [0, 0.05) is 16.1 Å². The number of aryl methyl sites for hydroxylation is 1. The molecule has 1 aliphatic rings. The first kappa shape index (κ1) is 19.8. The number of benzene rings is 2. The molecule has 0 N–H and O–H groups in total. The smallest absolute Gasteiger partial charge is 0.339 e. The minimum absolute atomic E-state index is 0.107. The number of carbonyl (C=O) groups is 1. The molecule has 3 aromatic rings. The molecule has 1 aromatic heterocycles. The van der Waals surface area contributed by atoms with E-state index < -0.39 is 6.10 Å². The van der Waals surface area contributed by atoms with Crippen molar-refractivity contribution in [3.8, 4) is 11.1 Å². The van der Waals surface area contributed by atoms with Gasteiger partial charge in [-0.25, -0.2) is 9.78 Å². The third-order valence-electron chi connectivity index (χ3n) is 4.65. The molecular weight excluding hydrogens is 462 g/mol. The summed E-state index contributed by atoms with van der Waals surface area (Å²) in [6.45, 7) is 4.11. The number of nitrogens with zero attached hydrogens (tertiary/aromatic N) is 1. The molecule has 2 aromatic carbocycles. The Balaban J connectivity index is 1.97. The Morgan fingerprint density at radius 2 is 2.07 bits per heavy atom. The molecule has 1 saturated carbocycles. The molecule has 4 nitrogen and oxygen atoms in total. The van der Waals surface area contributed by atoms with E-state index in [1.165, 1.54) is 0 Å². The lowest BCUT2D eigenvalue weighted by atomic mass is 9.91. The molecule has 0 saturated heterocycles. The molecule has 0 bridgehead atoms. The van der Waals surface area contributed by atoms with Crippen molar-refractivity contribution in [3.05, 3.63) is 50.4 Å². The van der Waals surface area contributed by atoms with E-state index in [4.69, 9.17) is 21.1 Å². The minimum atomic E-state index is -0.761. The van der Waals surface area contributed by atoms with Gasteiger partial charge in [-0.2, -0.15) is 0 Å². The Bertz CT molecular complexity index is 1030. The number of thiazole rings is 1. The molecule has 0 amide bonds. The van der Waals surface area contributed by atoms with Gasteiger partial charge >= 0.3 is 5.97 Å². The van der Waals surface area contributed by atoms with Crippen LogP contribution in [0.3, 0.4) is 0 Å². The van der Waals surface area contributed by atoms with Crippen molar-refractivity contribution < 1.29 is 14.3 Å². The van der Waals surface area contributed by atoms with E-state index in [0.717, 1.165) is 49.2 Å². The summed E-state index contributed by atoms with van der Waals surface area (Å²) in [5.41, 5.74) is 4.61. The van der Waals surface area contributed by atoms with E-state index in [1.54, 1.807) is 11.3 Å². The van der Waals surface area contributed by atoms with Crippen LogP contribution in [0.2, 0.25) is 5.02 Å². The SMILES string of the molecule is CCOC(=O)[C@@H](OC1CC1)c1c(C)cc2nc(Br)sc2c1-c1ccc(Cl)cc1. The summed E-state index contributed by atoms with van der Waals surface area (Å²) in [5, 5.41) is 0.663. The van der Waals surface area contributed by atoms with Crippen molar-refractivity contribution in [1.29, 1.82) is 0 Å². The Morgan fingerprint density at radius 3 is 2.71 bits per heavy atom. The van der Waals surface area contributed by atoms with Crippen molar-refractivity contribution in [2.45, 2.75) is 38.9 Å². The molecule has 7 heteroatoms. The van der Waals surface area contributed by atoms with E-state index in [2.05, 4.69) is 20.9 Å². The average molecular weight is 481 g/mol. The number of esters is 1. The summed E-state index contributed by atoms with van der Waals surface area (Å²) in [6, 6.07) is 9.64. The number of hydrogen-bond donors (Lipinski definition) is 0. The lowest BCUT2D eigenvalue weighted by Gasteiger charge is -2.22. The molecule has 1 fully saturated rings. The summed E-state index contributed by atoms with van der Waals surface area (Å²) in [5.74, 6) is -0.351. The normalized spacial score (nSPS) is 15.0. The molecule has 4 rings (SSSR count). The van der Waals surface area contributed by atoms with E-state index >= 15 is 0 Å². The maximum Gasteiger partial charge on any atom is 0.339 e. The van der Waals surface area contributed by atoms with Gasteiger partial charge < -0.3 is 9.47 Å². The highest BCUT2D eigenvalue weighted by molar-refractivity contribution is 9.11. The van der Waals surface area contributed by atoms with Crippen molar-refractivity contribution in [2.24, 2.45) is 0 Å². The number of carbonyl (C=O) groups excluding carboxylic acids is 1. The Hall–Kier alpha value is -1.47. The number of halogens is 2. The monoisotopic (exact) mass is 479 g/mol. The fraction of sp³-hybridized carbons (Fsp3) is 0.333. The van der Waals surface area contributed by atoms with Gasteiger partial charge in [0.1, 0.15) is 0 Å². The van der Waals surface area contributed by atoms with Crippen molar-refractivity contribution in [1.82, 2.24) is 4.98 Å². The Morgan fingerprint density at radius 1 is 1.36 bits per heavy atom. The predicted molar refractivity (Wildman–Crippen MR) is 116 cm³/mol. The zero-order valence-electron chi connectivity index (χ0n) is 15.5. The number of aromatic nitrogens is 1. The first-order valence-electron chi connectivity index (χ1n) is 9.15. The molecule has 0 unspecified atom stereocenters. The van der Waals surface area contributed by atoms with Crippen LogP contribution in [0.5, 0.6) is 0 Å². The van der Waals surface area contributed by atoms with Crippen LogP contribution in [0.25, 0.3) is 21.3 Å². The summed E-state index contributed by atoms with van der Waals surface area (Å²) >= 11 is 11.1. The molecule has 0 aliphatic heterocycles. The molecule has 28 heavy (non-hydrogen) atoms. The third-order valence-corrected chi connectivity index (χ3v) is 6.44. The van der Waals surface area contributed by atoms with Gasteiger partial charge in [0.05, 0.1) is 22.9 Å². The van der Waals surface area contributed by atoms with Crippen LogP contribution in [0, 0.1) is 6.92 Å². The second kappa shape index (κ2) is 8.11. The second-order valence-corrected chi connectivity index (χ2v) is 9.48. The van der Waals surface area contributed by atoms with Crippen molar-refractivity contribution in [2.75, 3.05) is 6.61 Å². The molecule has 0 radical (unpaired) electrons. The fourth-order valence-corrected chi connectivity index (χ4v) is 4.94. The minimum Gasteiger partial charge on any atom is -0.464 e. The maximum absolute atomic E-state index is 12.8. The molecule has 1 heterocycles. The van der Waals surface area contributed by atoms with Crippen molar-refractivity contribution in [3.63, 3.8) is 0 Å². The van der Waals surface area contributed by atoms with Gasteiger partial charge in [0.2, 0.25) is 0 Å². The van der Waals surface area contributed by atoms with Crippen LogP contribution in [-0.4, -0.2) is 23.7 Å². The highest BCUT2D eigenvalue weighted by Crippen LogP contribution is 2.44. The molecular formula is C21H19BrClNO3S. The van der Waals surface area contributed by atoms with Crippen LogP contribution in [0.4, 0.5) is 0 Å². The highest BCUT2D eigenvalue weighted by atomic mass is 79.9. The second-order valence-electron chi connectivity index (χ2n) is 6.77. The largest absolute Gasteiger partial charge is 0.464 e. The Labute approximate surface area is 181 Å². The van der Waals surface area contributed by atoms with Gasteiger partial charge in [0.25, 0.3) is 0 Å². The summed E-state index contributed by atoms with van der Waals surface area (Å²) in [7, 11) is 0. The Kier molecular flexibility index (Phi) is 5.74. The van der Waals surface area contributed by atoms with E-state index in [-0.39, 0.29) is 12.1 Å². The number of rotatable bonds is 6. The van der Waals surface area contributed by atoms with Gasteiger partial charge in [-0.05, 0) is 71.9 Å². The highest BCUT2D eigenvalue weighted by Gasteiger charge is 2.35. The van der Waals surface area contributed by atoms with Crippen LogP contribution in [0.1, 0.15) is 37.0 Å². The lowest BCUT2D eigenvalue weighted by Crippen LogP contribution is -2.21. The summed E-state index contributed by atoms with van der Waals surface area (Å²) < 4.78 is 13.3. The topological polar surface area (TPSA) is 48.4 Å². The molecule has 1 atom stereocenters. The zero-order valence-corrected chi connectivity index (χ0v) is 18.7. The maximum atomic E-state index is 12.8. The summed E-state index contributed by atoms with van der Waals surface area (Å²) in [4.78, 5) is 17.4. The number of fused-ring (bicyclic) bond motifs is 1. The van der Waals surface area contributed by atoms with Crippen LogP contribution in [-0.2, 0) is 14.3 Å². The van der Waals surface area contributed by atoms with Gasteiger partial charge in [0.15, 0.2) is 10.0 Å². The number of ether oxygens (including phenoxy) is 2. The predicted octanol–water partition coefficient (Wildman–Crippen LogP) is 6.47. The van der Waals surface area contributed by atoms with Gasteiger partial charge in [-0.15, -0.1) is 11.3 Å². The van der Waals surface area contributed by atoms with E-state index in [0.29, 0.717) is 11.6 Å². The van der Waals surface area contributed by atoms with Crippen LogP contribution in [0.15, 0.2) is 34.2 Å². The number of hydrogen-bond acceptors (Lipinski definition) is 5. The lowest BCUT2D eigenvalue weighted by molar-refractivity contribution is -0.158. The van der Waals surface area contributed by atoms with Crippen molar-refractivity contribution >= 4 is 55.1 Å². The quantitative estimate of drug-likeness (QED) is 0.379. The zero-order chi connectivity index (χ0) is 19.8.